The highest BCUT2D eigenvalue weighted by molar-refractivity contribution is 5.84. The number of pyridine rings is 1. The van der Waals surface area contributed by atoms with Crippen LogP contribution in [0, 0.1) is 6.92 Å². The SMILES string of the molecule is C=N/C=C(N)\C=C(/C)c1ccc2cnn(-c3cccc(C)n3)c2c1. The number of rotatable bonds is 4. The Morgan fingerprint density at radius 2 is 2.12 bits per heavy atom. The molecule has 0 aliphatic heterocycles. The summed E-state index contributed by atoms with van der Waals surface area (Å²) in [6.45, 7) is 7.39. The van der Waals surface area contributed by atoms with E-state index >= 15 is 0 Å². The summed E-state index contributed by atoms with van der Waals surface area (Å²) in [7, 11) is 0. The Balaban J connectivity index is 2.09. The van der Waals surface area contributed by atoms with Gasteiger partial charge in [-0.2, -0.15) is 5.10 Å². The van der Waals surface area contributed by atoms with Crippen LogP contribution in [0.2, 0.25) is 0 Å². The van der Waals surface area contributed by atoms with E-state index in [1.165, 1.54) is 6.20 Å². The average Bonchev–Trinajstić information content (AvgIpc) is 2.98. The smallest absolute Gasteiger partial charge is 0.154 e. The second-order valence-corrected chi connectivity index (χ2v) is 5.61. The van der Waals surface area contributed by atoms with E-state index in [1.54, 1.807) is 0 Å². The van der Waals surface area contributed by atoms with Crippen molar-refractivity contribution >= 4 is 23.2 Å². The van der Waals surface area contributed by atoms with Crippen molar-refractivity contribution in [3.8, 4) is 5.82 Å². The summed E-state index contributed by atoms with van der Waals surface area (Å²) < 4.78 is 1.85. The molecule has 5 nitrogen and oxygen atoms in total. The van der Waals surface area contributed by atoms with Gasteiger partial charge in [-0.25, -0.2) is 9.67 Å². The molecule has 0 spiro atoms. The molecule has 0 saturated carbocycles. The van der Waals surface area contributed by atoms with Gasteiger partial charge in [-0.1, -0.05) is 18.2 Å². The van der Waals surface area contributed by atoms with Crippen molar-refractivity contribution in [3.05, 3.63) is 71.8 Å². The molecule has 0 bridgehead atoms. The molecule has 1 aromatic carbocycles. The topological polar surface area (TPSA) is 69.1 Å². The number of aromatic nitrogens is 3. The van der Waals surface area contributed by atoms with E-state index in [9.17, 15) is 0 Å². The molecule has 0 fully saturated rings. The molecular formula is C19H19N5. The molecule has 0 saturated heterocycles. The summed E-state index contributed by atoms with van der Waals surface area (Å²) in [5.74, 6) is 0.805. The zero-order valence-corrected chi connectivity index (χ0v) is 13.8. The lowest BCUT2D eigenvalue weighted by molar-refractivity contribution is 0.867. The first-order chi connectivity index (χ1) is 11.6. The summed E-state index contributed by atoms with van der Waals surface area (Å²) in [5.41, 5.74) is 10.5. The minimum absolute atomic E-state index is 0.566. The van der Waals surface area contributed by atoms with Crippen LogP contribution in [0.4, 0.5) is 0 Å². The number of nitrogens with zero attached hydrogens (tertiary/aromatic N) is 4. The minimum atomic E-state index is 0.566. The summed E-state index contributed by atoms with van der Waals surface area (Å²) in [6.07, 6.45) is 5.25. The molecule has 0 amide bonds. The molecule has 0 radical (unpaired) electrons. The third-order valence-corrected chi connectivity index (χ3v) is 3.74. The molecule has 2 heterocycles. The van der Waals surface area contributed by atoms with Gasteiger partial charge in [-0.3, -0.25) is 4.99 Å². The van der Waals surface area contributed by atoms with Gasteiger partial charge >= 0.3 is 0 Å². The fraction of sp³-hybridized carbons (Fsp3) is 0.105. The fourth-order valence-corrected chi connectivity index (χ4v) is 2.57. The summed E-state index contributed by atoms with van der Waals surface area (Å²) >= 11 is 0. The minimum Gasteiger partial charge on any atom is -0.397 e. The normalized spacial score (nSPS) is 12.6. The summed E-state index contributed by atoms with van der Waals surface area (Å²) in [4.78, 5) is 8.23. The monoisotopic (exact) mass is 317 g/mol. The zero-order chi connectivity index (χ0) is 17.1. The molecule has 5 heteroatoms. The van der Waals surface area contributed by atoms with E-state index in [-0.39, 0.29) is 0 Å². The maximum Gasteiger partial charge on any atom is 0.154 e. The van der Waals surface area contributed by atoms with Crippen LogP contribution in [0.25, 0.3) is 22.3 Å². The van der Waals surface area contributed by atoms with Crippen LogP contribution in [0.1, 0.15) is 18.2 Å². The van der Waals surface area contributed by atoms with E-state index in [0.29, 0.717) is 5.70 Å². The lowest BCUT2D eigenvalue weighted by Crippen LogP contribution is -2.00. The quantitative estimate of drug-likeness (QED) is 0.590. The Morgan fingerprint density at radius 3 is 2.88 bits per heavy atom. The third kappa shape index (κ3) is 3.10. The van der Waals surface area contributed by atoms with Crippen LogP contribution in [0.5, 0.6) is 0 Å². The van der Waals surface area contributed by atoms with Gasteiger partial charge in [0.25, 0.3) is 0 Å². The first-order valence-electron chi connectivity index (χ1n) is 7.60. The lowest BCUT2D eigenvalue weighted by atomic mass is 10.0. The largest absolute Gasteiger partial charge is 0.397 e. The van der Waals surface area contributed by atoms with Crippen molar-refractivity contribution in [2.45, 2.75) is 13.8 Å². The van der Waals surface area contributed by atoms with Crippen LogP contribution in [0.15, 0.2) is 65.6 Å². The second kappa shape index (κ2) is 6.50. The predicted molar refractivity (Wildman–Crippen MR) is 99.1 cm³/mol. The molecule has 0 aliphatic rings. The molecule has 0 unspecified atom stereocenters. The van der Waals surface area contributed by atoms with E-state index in [4.69, 9.17) is 5.73 Å². The van der Waals surface area contributed by atoms with Crippen molar-refractivity contribution in [1.82, 2.24) is 14.8 Å². The van der Waals surface area contributed by atoms with Crippen molar-refractivity contribution in [1.29, 1.82) is 0 Å². The molecule has 3 rings (SSSR count). The van der Waals surface area contributed by atoms with Gasteiger partial charge in [0.05, 0.1) is 17.4 Å². The molecular weight excluding hydrogens is 298 g/mol. The van der Waals surface area contributed by atoms with Gasteiger partial charge in [0, 0.05) is 17.3 Å². The Morgan fingerprint density at radius 1 is 1.29 bits per heavy atom. The van der Waals surface area contributed by atoms with Gasteiger partial charge in [0.1, 0.15) is 0 Å². The van der Waals surface area contributed by atoms with Crippen LogP contribution in [0.3, 0.4) is 0 Å². The van der Waals surface area contributed by atoms with Crippen molar-refractivity contribution in [2.75, 3.05) is 0 Å². The van der Waals surface area contributed by atoms with Gasteiger partial charge in [-0.05, 0) is 56.0 Å². The number of hydrogen-bond acceptors (Lipinski definition) is 4. The summed E-state index contributed by atoms with van der Waals surface area (Å²) in [5, 5.41) is 5.53. The molecule has 2 N–H and O–H groups in total. The molecule has 0 atom stereocenters. The molecule has 24 heavy (non-hydrogen) atoms. The standard InChI is InChI=1S/C19H19N5/c1-13(9-17(20)12-21-3)15-7-8-16-11-22-24(18(16)10-15)19-6-4-5-14(2)23-19/h4-12H,3,20H2,1-2H3/b13-9+,17-12+. The fourth-order valence-electron chi connectivity index (χ4n) is 2.57. The Labute approximate surface area is 140 Å². The number of aryl methyl sites for hydroxylation is 1. The Kier molecular flexibility index (Phi) is 4.24. The van der Waals surface area contributed by atoms with Gasteiger partial charge < -0.3 is 5.73 Å². The van der Waals surface area contributed by atoms with Gasteiger partial charge in [0.2, 0.25) is 0 Å². The van der Waals surface area contributed by atoms with Crippen LogP contribution < -0.4 is 5.73 Å². The number of nitrogens with two attached hydrogens (primary N) is 1. The predicted octanol–water partition coefficient (Wildman–Crippen LogP) is 3.63. The number of hydrogen-bond donors (Lipinski definition) is 1. The number of fused-ring (bicyclic) bond motifs is 1. The van der Waals surface area contributed by atoms with E-state index in [2.05, 4.69) is 33.9 Å². The third-order valence-electron chi connectivity index (χ3n) is 3.74. The number of benzene rings is 1. The summed E-state index contributed by atoms with van der Waals surface area (Å²) in [6, 6.07) is 12.1. The first-order valence-corrected chi connectivity index (χ1v) is 7.60. The van der Waals surface area contributed by atoms with Crippen molar-refractivity contribution in [3.63, 3.8) is 0 Å². The van der Waals surface area contributed by atoms with E-state index in [1.807, 2.05) is 55.1 Å². The van der Waals surface area contributed by atoms with Crippen LogP contribution >= 0.6 is 0 Å². The number of aliphatic imine (C=N–C) groups is 1. The first kappa shape index (κ1) is 15.7. The molecule has 120 valence electrons. The second-order valence-electron chi connectivity index (χ2n) is 5.61. The average molecular weight is 317 g/mol. The van der Waals surface area contributed by atoms with Crippen LogP contribution in [-0.2, 0) is 0 Å². The van der Waals surface area contributed by atoms with Crippen LogP contribution in [-0.4, -0.2) is 21.5 Å². The highest BCUT2D eigenvalue weighted by Gasteiger charge is 2.08. The van der Waals surface area contributed by atoms with Gasteiger partial charge in [0.15, 0.2) is 5.82 Å². The van der Waals surface area contributed by atoms with Crippen molar-refractivity contribution in [2.24, 2.45) is 10.7 Å². The molecule has 0 aliphatic carbocycles. The highest BCUT2D eigenvalue weighted by atomic mass is 15.3. The van der Waals surface area contributed by atoms with Gasteiger partial charge in [-0.15, -0.1) is 0 Å². The molecule has 2 aromatic heterocycles. The van der Waals surface area contributed by atoms with Crippen molar-refractivity contribution < 1.29 is 0 Å². The maximum absolute atomic E-state index is 5.88. The lowest BCUT2D eigenvalue weighted by Gasteiger charge is -2.06. The molecule has 3 aromatic rings. The van der Waals surface area contributed by atoms with E-state index < -0.39 is 0 Å². The van der Waals surface area contributed by atoms with E-state index in [0.717, 1.165) is 33.6 Å². The Bertz CT molecular complexity index is 963. The maximum atomic E-state index is 5.88. The zero-order valence-electron chi connectivity index (χ0n) is 13.8. The Hall–Kier alpha value is -3.21. The number of allylic oxidation sites excluding steroid dienone is 2. The highest BCUT2D eigenvalue weighted by Crippen LogP contribution is 2.23.